The lowest BCUT2D eigenvalue weighted by Gasteiger charge is -2.35. The lowest BCUT2D eigenvalue weighted by Crippen LogP contribution is -2.42. The van der Waals surface area contributed by atoms with Crippen LogP contribution in [0.3, 0.4) is 0 Å². The average Bonchev–Trinajstić information content (AvgIpc) is 2.65. The maximum Gasteiger partial charge on any atom is 0.407 e. The number of pyridine rings is 1. The van der Waals surface area contributed by atoms with Gasteiger partial charge in [-0.2, -0.15) is 0 Å². The third-order valence-electron chi connectivity index (χ3n) is 4.37. The molecule has 7 heteroatoms. The number of methoxy groups -OCH3 is 1. The van der Waals surface area contributed by atoms with E-state index < -0.39 is 12.1 Å². The molecule has 1 aromatic carbocycles. The average molecular weight is 341 g/mol. The third-order valence-corrected chi connectivity index (χ3v) is 4.37. The molecular formula is C18H19N3O4. The van der Waals surface area contributed by atoms with E-state index in [-0.39, 0.29) is 6.04 Å². The Labute approximate surface area is 145 Å². The van der Waals surface area contributed by atoms with E-state index in [1.807, 2.05) is 24.3 Å². The fraction of sp³-hybridized carbons (Fsp3) is 0.278. The molecule has 1 unspecified atom stereocenters. The second kappa shape index (κ2) is 7.21. The summed E-state index contributed by atoms with van der Waals surface area (Å²) in [5.74, 6) is -0.468. The number of amides is 1. The third kappa shape index (κ3) is 3.40. The molecule has 0 saturated heterocycles. The normalized spacial score (nSPS) is 16.0. The van der Waals surface area contributed by atoms with Gasteiger partial charge < -0.3 is 15.2 Å². The molecular weight excluding hydrogens is 322 g/mol. The number of carbonyl (C=O) groups is 2. The van der Waals surface area contributed by atoms with Crippen molar-refractivity contribution >= 4 is 17.7 Å². The molecule has 0 fully saturated rings. The Hall–Kier alpha value is -3.09. The maximum atomic E-state index is 11.9. The van der Waals surface area contributed by atoms with Crippen LogP contribution in [0.2, 0.25) is 0 Å². The van der Waals surface area contributed by atoms with Gasteiger partial charge in [-0.15, -0.1) is 0 Å². The Bertz CT molecular complexity index is 793. The maximum absolute atomic E-state index is 11.9. The predicted octanol–water partition coefficient (Wildman–Crippen LogP) is 2.56. The fourth-order valence-electron chi connectivity index (χ4n) is 3.13. The molecule has 25 heavy (non-hydrogen) atoms. The van der Waals surface area contributed by atoms with Gasteiger partial charge in [0, 0.05) is 19.3 Å². The van der Waals surface area contributed by atoms with E-state index in [4.69, 9.17) is 4.74 Å². The first-order valence-electron chi connectivity index (χ1n) is 7.95. The standard InChI is InChI=1S/C18H19N3O4/c1-25-17(22)14-6-8-19-10-15(14)20-11-16-13-5-3-2-4-12(13)7-9-21(16)18(23)24/h2-6,8,10,16,20H,7,9,11H2,1H3,(H,23,24). The lowest BCUT2D eigenvalue weighted by atomic mass is 9.92. The van der Waals surface area contributed by atoms with Gasteiger partial charge in [0.05, 0.1) is 30.6 Å². The minimum Gasteiger partial charge on any atom is -0.465 e. The zero-order valence-corrected chi connectivity index (χ0v) is 13.8. The SMILES string of the molecule is COC(=O)c1ccncc1NCC1c2ccccc2CCN1C(=O)O. The number of fused-ring (bicyclic) bond motifs is 1. The van der Waals surface area contributed by atoms with Crippen molar-refractivity contribution in [1.82, 2.24) is 9.88 Å². The summed E-state index contributed by atoms with van der Waals surface area (Å²) < 4.78 is 4.77. The highest BCUT2D eigenvalue weighted by Crippen LogP contribution is 2.30. The van der Waals surface area contributed by atoms with Crippen LogP contribution < -0.4 is 5.32 Å². The minimum atomic E-state index is -0.958. The van der Waals surface area contributed by atoms with Crippen LogP contribution >= 0.6 is 0 Å². The molecule has 0 radical (unpaired) electrons. The molecule has 1 amide bonds. The number of benzene rings is 1. The quantitative estimate of drug-likeness (QED) is 0.831. The van der Waals surface area contributed by atoms with Gasteiger partial charge in [0.2, 0.25) is 0 Å². The predicted molar refractivity (Wildman–Crippen MR) is 91.7 cm³/mol. The summed E-state index contributed by atoms with van der Waals surface area (Å²) >= 11 is 0. The van der Waals surface area contributed by atoms with Crippen molar-refractivity contribution in [2.24, 2.45) is 0 Å². The summed E-state index contributed by atoms with van der Waals surface area (Å²) in [5, 5.41) is 12.7. The summed E-state index contributed by atoms with van der Waals surface area (Å²) in [6.07, 6.45) is 2.78. The van der Waals surface area contributed by atoms with Gasteiger partial charge in [0.15, 0.2) is 0 Å². The first-order valence-corrected chi connectivity index (χ1v) is 7.95. The highest BCUT2D eigenvalue weighted by Gasteiger charge is 2.30. The Morgan fingerprint density at radius 3 is 2.92 bits per heavy atom. The van der Waals surface area contributed by atoms with E-state index >= 15 is 0 Å². The molecule has 0 spiro atoms. The van der Waals surface area contributed by atoms with E-state index in [9.17, 15) is 14.7 Å². The molecule has 7 nitrogen and oxygen atoms in total. The van der Waals surface area contributed by atoms with Crippen molar-refractivity contribution in [3.8, 4) is 0 Å². The highest BCUT2D eigenvalue weighted by atomic mass is 16.5. The summed E-state index contributed by atoms with van der Waals surface area (Å²) in [5.41, 5.74) is 3.00. The van der Waals surface area contributed by atoms with Gasteiger partial charge in [-0.05, 0) is 23.6 Å². The van der Waals surface area contributed by atoms with Crippen LogP contribution in [0.1, 0.15) is 27.5 Å². The number of hydrogen-bond donors (Lipinski definition) is 2. The van der Waals surface area contributed by atoms with Crippen molar-refractivity contribution in [3.05, 3.63) is 59.4 Å². The molecule has 1 aliphatic heterocycles. The highest BCUT2D eigenvalue weighted by molar-refractivity contribution is 5.95. The number of aromatic nitrogens is 1. The first kappa shape index (κ1) is 16.8. The number of esters is 1. The summed E-state index contributed by atoms with van der Waals surface area (Å²) in [4.78, 5) is 28.9. The number of anilines is 1. The van der Waals surface area contributed by atoms with E-state index in [2.05, 4.69) is 10.3 Å². The Morgan fingerprint density at radius 1 is 1.36 bits per heavy atom. The molecule has 2 heterocycles. The van der Waals surface area contributed by atoms with E-state index in [1.54, 1.807) is 6.07 Å². The molecule has 0 saturated carbocycles. The number of rotatable bonds is 4. The second-order valence-electron chi connectivity index (χ2n) is 5.73. The molecule has 2 N–H and O–H groups in total. The molecule has 1 aromatic heterocycles. The molecule has 1 atom stereocenters. The number of carbonyl (C=O) groups excluding carboxylic acids is 1. The summed E-state index contributed by atoms with van der Waals surface area (Å²) in [7, 11) is 1.32. The molecule has 0 aliphatic carbocycles. The van der Waals surface area contributed by atoms with E-state index in [0.717, 1.165) is 11.1 Å². The van der Waals surface area contributed by atoms with Crippen LogP contribution in [0.4, 0.5) is 10.5 Å². The largest absolute Gasteiger partial charge is 0.465 e. The monoisotopic (exact) mass is 341 g/mol. The van der Waals surface area contributed by atoms with Crippen LogP contribution in [-0.2, 0) is 11.2 Å². The Balaban J connectivity index is 1.86. The van der Waals surface area contributed by atoms with Crippen LogP contribution in [-0.4, -0.2) is 47.3 Å². The van der Waals surface area contributed by atoms with Crippen LogP contribution in [0, 0.1) is 0 Å². The molecule has 2 aromatic rings. The number of nitrogens with zero attached hydrogens (tertiary/aromatic N) is 2. The summed E-state index contributed by atoms with van der Waals surface area (Å²) in [6.45, 7) is 0.772. The van der Waals surface area contributed by atoms with Crippen molar-refractivity contribution in [1.29, 1.82) is 0 Å². The van der Waals surface area contributed by atoms with Crippen LogP contribution in [0.15, 0.2) is 42.7 Å². The Kier molecular flexibility index (Phi) is 4.83. The van der Waals surface area contributed by atoms with E-state index in [1.165, 1.54) is 24.4 Å². The lowest BCUT2D eigenvalue weighted by molar-refractivity contribution is 0.0601. The number of nitrogens with one attached hydrogen (secondary N) is 1. The van der Waals surface area contributed by atoms with Gasteiger partial charge in [0.1, 0.15) is 0 Å². The second-order valence-corrected chi connectivity index (χ2v) is 5.73. The Morgan fingerprint density at radius 2 is 2.16 bits per heavy atom. The fourth-order valence-corrected chi connectivity index (χ4v) is 3.13. The summed E-state index contributed by atoms with van der Waals surface area (Å²) in [6, 6.07) is 9.05. The van der Waals surface area contributed by atoms with Crippen LogP contribution in [0.25, 0.3) is 0 Å². The first-order chi connectivity index (χ1) is 12.1. The topological polar surface area (TPSA) is 91.8 Å². The van der Waals surface area contributed by atoms with Gasteiger partial charge in [-0.25, -0.2) is 9.59 Å². The van der Waals surface area contributed by atoms with Gasteiger partial charge in [0.25, 0.3) is 0 Å². The van der Waals surface area contributed by atoms with Crippen molar-refractivity contribution in [3.63, 3.8) is 0 Å². The van der Waals surface area contributed by atoms with Gasteiger partial charge in [-0.1, -0.05) is 24.3 Å². The molecule has 0 bridgehead atoms. The van der Waals surface area contributed by atoms with Gasteiger partial charge >= 0.3 is 12.1 Å². The molecule has 1 aliphatic rings. The van der Waals surface area contributed by atoms with E-state index in [0.29, 0.717) is 30.8 Å². The zero-order valence-electron chi connectivity index (χ0n) is 13.8. The number of carboxylic acid groups (broad SMARTS) is 1. The van der Waals surface area contributed by atoms with Crippen molar-refractivity contribution in [2.45, 2.75) is 12.5 Å². The number of hydrogen-bond acceptors (Lipinski definition) is 5. The molecule has 130 valence electrons. The van der Waals surface area contributed by atoms with Crippen molar-refractivity contribution < 1.29 is 19.4 Å². The smallest absolute Gasteiger partial charge is 0.407 e. The number of ether oxygens (including phenoxy) is 1. The van der Waals surface area contributed by atoms with Crippen molar-refractivity contribution in [2.75, 3.05) is 25.5 Å². The van der Waals surface area contributed by atoms with Gasteiger partial charge in [-0.3, -0.25) is 9.88 Å². The minimum absolute atomic E-state index is 0.332. The zero-order chi connectivity index (χ0) is 17.8. The molecule has 3 rings (SSSR count). The van der Waals surface area contributed by atoms with Crippen LogP contribution in [0.5, 0.6) is 0 Å².